The molecule has 26 heavy (non-hydrogen) atoms. The lowest BCUT2D eigenvalue weighted by Crippen LogP contribution is -2.36. The molecule has 8 heteroatoms. The molecule has 0 saturated carbocycles. The van der Waals surface area contributed by atoms with Crippen LogP contribution in [0.25, 0.3) is 0 Å². The van der Waals surface area contributed by atoms with Crippen molar-refractivity contribution in [3.8, 4) is 5.75 Å². The van der Waals surface area contributed by atoms with Crippen LogP contribution < -0.4 is 4.90 Å². The fraction of sp³-hybridized carbons (Fsp3) is 0.278. The highest BCUT2D eigenvalue weighted by Gasteiger charge is 2.31. The SMILES string of the molecule is Oc1ccc(Cl)cc1C=Nc1cc(C(F)(F)F)ccc1N1CCOCC1. The third kappa shape index (κ3) is 4.28. The Morgan fingerprint density at radius 3 is 2.54 bits per heavy atom. The highest BCUT2D eigenvalue weighted by atomic mass is 35.5. The molecule has 0 aromatic heterocycles. The van der Waals surface area contributed by atoms with E-state index in [2.05, 4.69) is 4.99 Å². The van der Waals surface area contributed by atoms with E-state index in [9.17, 15) is 18.3 Å². The Hall–Kier alpha value is -2.25. The van der Waals surface area contributed by atoms with E-state index < -0.39 is 11.7 Å². The molecule has 0 bridgehead atoms. The van der Waals surface area contributed by atoms with Crippen LogP contribution in [0.2, 0.25) is 5.02 Å². The molecule has 0 aliphatic carbocycles. The van der Waals surface area contributed by atoms with Crippen LogP contribution in [0.15, 0.2) is 41.4 Å². The standard InChI is InChI=1S/C18H16ClF3N2O2/c19-14-2-4-17(25)12(9-14)11-23-15-10-13(18(20,21)22)1-3-16(15)24-5-7-26-8-6-24/h1-4,9-11,25H,5-8H2. The Bertz CT molecular complexity index is 819. The maximum absolute atomic E-state index is 13.1. The summed E-state index contributed by atoms with van der Waals surface area (Å²) in [6, 6.07) is 7.86. The number of hydrogen-bond acceptors (Lipinski definition) is 4. The monoisotopic (exact) mass is 384 g/mol. The van der Waals surface area contributed by atoms with Crippen molar-refractivity contribution >= 4 is 29.2 Å². The predicted octanol–water partition coefficient (Wildman–Crippen LogP) is 4.65. The van der Waals surface area contributed by atoms with E-state index in [1.165, 1.54) is 30.5 Å². The summed E-state index contributed by atoms with van der Waals surface area (Å²) < 4.78 is 44.5. The summed E-state index contributed by atoms with van der Waals surface area (Å²) >= 11 is 5.89. The Kier molecular flexibility index (Phi) is 5.38. The number of aliphatic imine (C=N–C) groups is 1. The number of hydrogen-bond donors (Lipinski definition) is 1. The van der Waals surface area contributed by atoms with Crippen LogP contribution in [0.5, 0.6) is 5.75 Å². The Labute approximate surface area is 153 Å². The van der Waals surface area contributed by atoms with Crippen molar-refractivity contribution in [3.05, 3.63) is 52.5 Å². The minimum Gasteiger partial charge on any atom is -0.507 e. The minimum atomic E-state index is -4.47. The quantitative estimate of drug-likeness (QED) is 0.783. The highest BCUT2D eigenvalue weighted by Crippen LogP contribution is 2.37. The normalized spacial score (nSPS) is 15.6. The third-order valence-electron chi connectivity index (χ3n) is 3.99. The molecule has 3 rings (SSSR count). The number of ether oxygens (including phenoxy) is 1. The van der Waals surface area contributed by atoms with Gasteiger partial charge in [-0.1, -0.05) is 11.6 Å². The molecule has 1 heterocycles. The first-order valence-electron chi connectivity index (χ1n) is 7.91. The third-order valence-corrected chi connectivity index (χ3v) is 4.22. The van der Waals surface area contributed by atoms with Crippen molar-refractivity contribution in [1.29, 1.82) is 0 Å². The maximum atomic E-state index is 13.1. The Morgan fingerprint density at radius 1 is 1.12 bits per heavy atom. The molecule has 1 aliphatic heterocycles. The largest absolute Gasteiger partial charge is 0.507 e. The molecular weight excluding hydrogens is 369 g/mol. The van der Waals surface area contributed by atoms with E-state index in [0.29, 0.717) is 42.6 Å². The van der Waals surface area contributed by atoms with Gasteiger partial charge in [0.2, 0.25) is 0 Å². The van der Waals surface area contributed by atoms with Gasteiger partial charge in [-0.2, -0.15) is 13.2 Å². The number of aromatic hydroxyl groups is 1. The van der Waals surface area contributed by atoms with Gasteiger partial charge in [-0.3, -0.25) is 4.99 Å². The molecule has 1 N–H and O–H groups in total. The fourth-order valence-electron chi connectivity index (χ4n) is 2.64. The first kappa shape index (κ1) is 18.5. The lowest BCUT2D eigenvalue weighted by atomic mass is 10.1. The van der Waals surface area contributed by atoms with E-state index in [1.807, 2.05) is 4.90 Å². The second kappa shape index (κ2) is 7.55. The highest BCUT2D eigenvalue weighted by molar-refractivity contribution is 6.30. The molecule has 1 saturated heterocycles. The van der Waals surface area contributed by atoms with Crippen LogP contribution in [0.1, 0.15) is 11.1 Å². The first-order chi connectivity index (χ1) is 12.3. The summed E-state index contributed by atoms with van der Waals surface area (Å²) in [4.78, 5) is 6.13. The topological polar surface area (TPSA) is 45.1 Å². The molecular formula is C18H16ClF3N2O2. The van der Waals surface area contributed by atoms with Crippen LogP contribution in [0.3, 0.4) is 0 Å². The molecule has 138 valence electrons. The fourth-order valence-corrected chi connectivity index (χ4v) is 2.82. The van der Waals surface area contributed by atoms with Crippen LogP contribution in [-0.2, 0) is 10.9 Å². The number of halogens is 4. The summed E-state index contributed by atoms with van der Waals surface area (Å²) in [5.41, 5.74) is 0.292. The average Bonchev–Trinajstić information content (AvgIpc) is 2.62. The molecule has 4 nitrogen and oxygen atoms in total. The number of phenols is 1. The van der Waals surface area contributed by atoms with Gasteiger partial charge in [0.1, 0.15) is 5.75 Å². The number of benzene rings is 2. The molecule has 0 amide bonds. The molecule has 0 atom stereocenters. The Balaban J connectivity index is 2.01. The molecule has 0 unspecified atom stereocenters. The average molecular weight is 385 g/mol. The van der Waals surface area contributed by atoms with Gasteiger partial charge in [-0.15, -0.1) is 0 Å². The van der Waals surface area contributed by atoms with Crippen molar-refractivity contribution in [1.82, 2.24) is 0 Å². The van der Waals surface area contributed by atoms with E-state index in [0.717, 1.165) is 12.1 Å². The lowest BCUT2D eigenvalue weighted by molar-refractivity contribution is -0.137. The number of alkyl halides is 3. The maximum Gasteiger partial charge on any atom is 0.416 e. The molecule has 2 aromatic rings. The number of nitrogens with zero attached hydrogens (tertiary/aromatic N) is 2. The molecule has 2 aromatic carbocycles. The number of anilines is 1. The second-order valence-electron chi connectivity index (χ2n) is 5.76. The zero-order chi connectivity index (χ0) is 18.7. The summed E-state index contributed by atoms with van der Waals surface area (Å²) in [5, 5.41) is 10.2. The van der Waals surface area contributed by atoms with Gasteiger partial charge in [-0.25, -0.2) is 0 Å². The van der Waals surface area contributed by atoms with Crippen LogP contribution in [-0.4, -0.2) is 37.6 Å². The van der Waals surface area contributed by atoms with Gasteiger partial charge in [0.25, 0.3) is 0 Å². The molecule has 0 radical (unpaired) electrons. The summed E-state index contributed by atoms with van der Waals surface area (Å²) in [5.74, 6) is -0.0574. The van der Waals surface area contributed by atoms with E-state index in [-0.39, 0.29) is 11.4 Å². The van der Waals surface area contributed by atoms with Crippen molar-refractivity contribution in [2.75, 3.05) is 31.2 Å². The van der Waals surface area contributed by atoms with E-state index in [1.54, 1.807) is 0 Å². The zero-order valence-electron chi connectivity index (χ0n) is 13.6. The van der Waals surface area contributed by atoms with Gasteiger partial charge in [0, 0.05) is 29.9 Å². The van der Waals surface area contributed by atoms with Crippen molar-refractivity contribution in [2.24, 2.45) is 4.99 Å². The van der Waals surface area contributed by atoms with Crippen LogP contribution in [0, 0.1) is 0 Å². The number of rotatable bonds is 3. The summed E-state index contributed by atoms with van der Waals surface area (Å²) in [7, 11) is 0. The van der Waals surface area contributed by atoms with E-state index >= 15 is 0 Å². The number of phenolic OH excluding ortho intramolecular Hbond substituents is 1. The van der Waals surface area contributed by atoms with Crippen molar-refractivity contribution in [3.63, 3.8) is 0 Å². The first-order valence-corrected chi connectivity index (χ1v) is 8.29. The van der Waals surface area contributed by atoms with Crippen LogP contribution >= 0.6 is 11.6 Å². The zero-order valence-corrected chi connectivity index (χ0v) is 14.4. The van der Waals surface area contributed by atoms with Gasteiger partial charge >= 0.3 is 6.18 Å². The lowest BCUT2D eigenvalue weighted by Gasteiger charge is -2.30. The van der Waals surface area contributed by atoms with Gasteiger partial charge < -0.3 is 14.7 Å². The smallest absolute Gasteiger partial charge is 0.416 e. The summed E-state index contributed by atoms with van der Waals surface area (Å²) in [6.45, 7) is 2.13. The predicted molar refractivity (Wildman–Crippen MR) is 94.8 cm³/mol. The molecule has 1 fully saturated rings. The van der Waals surface area contributed by atoms with Gasteiger partial charge in [-0.05, 0) is 36.4 Å². The minimum absolute atomic E-state index is 0.0574. The van der Waals surface area contributed by atoms with Crippen LogP contribution in [0.4, 0.5) is 24.5 Å². The molecule has 0 spiro atoms. The van der Waals surface area contributed by atoms with Gasteiger partial charge in [0.05, 0.1) is 30.2 Å². The summed E-state index contributed by atoms with van der Waals surface area (Å²) in [6.07, 6.45) is -3.16. The van der Waals surface area contributed by atoms with Crippen molar-refractivity contribution < 1.29 is 23.0 Å². The number of morpholine rings is 1. The van der Waals surface area contributed by atoms with Crippen molar-refractivity contribution in [2.45, 2.75) is 6.18 Å². The van der Waals surface area contributed by atoms with E-state index in [4.69, 9.17) is 16.3 Å². The Morgan fingerprint density at radius 2 is 1.85 bits per heavy atom. The second-order valence-corrected chi connectivity index (χ2v) is 6.20. The van der Waals surface area contributed by atoms with Gasteiger partial charge in [0.15, 0.2) is 0 Å². The molecule has 1 aliphatic rings.